The second-order valence-corrected chi connectivity index (χ2v) is 14.5. The largest absolute Gasteiger partial charge is 0.387 e. The minimum Gasteiger partial charge on any atom is -0.387 e. The normalized spacial score (nSPS) is 16.5. The summed E-state index contributed by atoms with van der Waals surface area (Å²) in [4.78, 5) is 15.9. The summed E-state index contributed by atoms with van der Waals surface area (Å²) in [7, 11) is 0. The van der Waals surface area contributed by atoms with Crippen molar-refractivity contribution in [3.8, 4) is 33.5 Å². The predicted molar refractivity (Wildman–Crippen MR) is 218 cm³/mol. The Morgan fingerprint density at radius 2 is 1.34 bits per heavy atom. The molecule has 1 unspecified atom stereocenters. The van der Waals surface area contributed by atoms with E-state index in [1.165, 1.54) is 38.9 Å². The molecule has 1 atom stereocenters. The lowest BCUT2D eigenvalue weighted by Crippen LogP contribution is -2.33. The molecule has 0 bridgehead atoms. The van der Waals surface area contributed by atoms with Crippen molar-refractivity contribution in [3.05, 3.63) is 191 Å². The van der Waals surface area contributed by atoms with Crippen LogP contribution < -0.4 is 10.6 Å². The monoisotopic (exact) mass is 683 g/mol. The van der Waals surface area contributed by atoms with Crippen molar-refractivity contribution in [2.75, 3.05) is 0 Å². The number of benzene rings is 6. The Morgan fingerprint density at radius 3 is 2.21 bits per heavy atom. The molecular formula is C48H37N5. The van der Waals surface area contributed by atoms with Gasteiger partial charge in [0.25, 0.3) is 0 Å². The molecule has 0 radical (unpaired) electrons. The molecular weight excluding hydrogens is 647 g/mol. The smallest absolute Gasteiger partial charge is 0.159 e. The summed E-state index contributed by atoms with van der Waals surface area (Å²) in [5.41, 5.74) is 15.9. The molecule has 0 amide bonds. The highest BCUT2D eigenvalue weighted by atomic mass is 15.2. The highest BCUT2D eigenvalue weighted by Gasteiger charge is 2.36. The lowest BCUT2D eigenvalue weighted by Gasteiger charge is -2.24. The van der Waals surface area contributed by atoms with E-state index in [0.717, 1.165) is 50.2 Å². The maximum Gasteiger partial charge on any atom is 0.159 e. The van der Waals surface area contributed by atoms with Gasteiger partial charge in [0.2, 0.25) is 0 Å². The molecule has 10 rings (SSSR count). The van der Waals surface area contributed by atoms with E-state index in [-0.39, 0.29) is 11.6 Å². The number of hydrogen-bond acceptors (Lipinski definition) is 5. The first-order valence-corrected chi connectivity index (χ1v) is 18.3. The summed E-state index contributed by atoms with van der Waals surface area (Å²) in [6.07, 6.45) is 3.92. The van der Waals surface area contributed by atoms with Crippen LogP contribution in [0.25, 0.3) is 50.5 Å². The molecule has 254 valence electrons. The fourth-order valence-electron chi connectivity index (χ4n) is 8.36. The maximum atomic E-state index is 5.37. The van der Waals surface area contributed by atoms with Crippen LogP contribution in [0, 0.1) is 0 Å². The number of fused-ring (bicyclic) bond motifs is 6. The minimum atomic E-state index is -0.305. The molecule has 5 heteroatoms. The van der Waals surface area contributed by atoms with Gasteiger partial charge in [0.1, 0.15) is 12.0 Å². The van der Waals surface area contributed by atoms with E-state index in [1.807, 2.05) is 30.5 Å². The first-order valence-electron chi connectivity index (χ1n) is 18.3. The summed E-state index contributed by atoms with van der Waals surface area (Å²) in [6, 6.07) is 51.6. The number of nitrogens with one attached hydrogen (secondary N) is 2. The van der Waals surface area contributed by atoms with Gasteiger partial charge < -0.3 is 10.6 Å². The number of hydrogen-bond donors (Lipinski definition) is 2. The second kappa shape index (κ2) is 12.3. The standard InChI is InChI=1S/C48H37N5/c1-48(2)40-21-11-9-19-38(40)43-35(20-13-22-41(43)48)32-26-33(44-39-29-49-25-24-36(39)37-18-10-12-23-42(37)50-44)28-34(27-32)47-52-45(30-14-5-3-6-15-30)51-46(53-47)31-16-7-4-8-17-31/h3-28,45,49H,29H2,1-2H3,(H,51,52,53). The Balaban J connectivity index is 1.25. The fourth-order valence-corrected chi connectivity index (χ4v) is 8.36. The van der Waals surface area contributed by atoms with Gasteiger partial charge in [0.05, 0.1) is 11.2 Å². The fraction of sp³-hybridized carbons (Fsp3) is 0.104. The maximum absolute atomic E-state index is 5.37. The number of aromatic nitrogens is 1. The SMILES string of the molecule is CC1(C)c2ccccc2-c2c(-c3cc(C4=NC(c5ccccc5)NC(c5ccccc5)=N4)cc(-c4nc5ccccc5c5c4CNC=C5)c3)cccc21. The van der Waals surface area contributed by atoms with E-state index < -0.39 is 0 Å². The Kier molecular flexibility index (Phi) is 7.22. The van der Waals surface area contributed by atoms with Gasteiger partial charge in [0.15, 0.2) is 5.84 Å². The average molecular weight is 684 g/mol. The van der Waals surface area contributed by atoms with Gasteiger partial charge in [-0.3, -0.25) is 0 Å². The molecule has 1 aliphatic carbocycles. The van der Waals surface area contributed by atoms with Gasteiger partial charge in [0, 0.05) is 39.6 Å². The zero-order valence-corrected chi connectivity index (χ0v) is 29.6. The summed E-state index contributed by atoms with van der Waals surface area (Å²) in [5.74, 6) is 1.48. The second-order valence-electron chi connectivity index (χ2n) is 14.5. The quantitative estimate of drug-likeness (QED) is 0.190. The van der Waals surface area contributed by atoms with Crippen molar-refractivity contribution < 1.29 is 0 Å². The zero-order valence-electron chi connectivity index (χ0n) is 29.6. The molecule has 0 saturated carbocycles. The summed E-state index contributed by atoms with van der Waals surface area (Å²) in [5, 5.41) is 8.25. The predicted octanol–water partition coefficient (Wildman–Crippen LogP) is 10.4. The first-order chi connectivity index (χ1) is 26.0. The van der Waals surface area contributed by atoms with Crippen LogP contribution in [-0.4, -0.2) is 16.7 Å². The Hall–Kier alpha value is -6.59. The summed E-state index contributed by atoms with van der Waals surface area (Å²) in [6.45, 7) is 5.36. The lowest BCUT2D eigenvalue weighted by molar-refractivity contribution is 0.660. The molecule has 2 aliphatic heterocycles. The van der Waals surface area contributed by atoms with Crippen LogP contribution in [0.2, 0.25) is 0 Å². The van der Waals surface area contributed by atoms with Gasteiger partial charge in [-0.15, -0.1) is 0 Å². The summed E-state index contributed by atoms with van der Waals surface area (Å²) < 4.78 is 0. The third-order valence-corrected chi connectivity index (χ3v) is 11.0. The van der Waals surface area contributed by atoms with Crippen molar-refractivity contribution in [1.29, 1.82) is 0 Å². The molecule has 1 aromatic heterocycles. The first kappa shape index (κ1) is 31.2. The van der Waals surface area contributed by atoms with Crippen LogP contribution in [0.15, 0.2) is 162 Å². The van der Waals surface area contributed by atoms with E-state index in [4.69, 9.17) is 15.0 Å². The number of amidine groups is 2. The highest BCUT2D eigenvalue weighted by Crippen LogP contribution is 2.52. The molecule has 0 fully saturated rings. The Bertz CT molecular complexity index is 2670. The number of nitrogens with zero attached hydrogens (tertiary/aromatic N) is 3. The molecule has 2 N–H and O–H groups in total. The van der Waals surface area contributed by atoms with Gasteiger partial charge in [-0.1, -0.05) is 135 Å². The zero-order chi connectivity index (χ0) is 35.5. The van der Waals surface area contributed by atoms with Crippen LogP contribution in [-0.2, 0) is 12.0 Å². The van der Waals surface area contributed by atoms with Crippen molar-refractivity contribution in [3.63, 3.8) is 0 Å². The number of pyridine rings is 1. The van der Waals surface area contributed by atoms with Gasteiger partial charge in [-0.2, -0.15) is 0 Å². The molecule has 7 aromatic rings. The number of rotatable bonds is 5. The molecule has 5 nitrogen and oxygen atoms in total. The van der Waals surface area contributed by atoms with Crippen LogP contribution >= 0.6 is 0 Å². The molecule has 3 aliphatic rings. The van der Waals surface area contributed by atoms with Crippen LogP contribution in [0.1, 0.15) is 59.0 Å². The lowest BCUT2D eigenvalue weighted by atomic mass is 9.82. The third-order valence-electron chi connectivity index (χ3n) is 11.0. The topological polar surface area (TPSA) is 61.7 Å². The van der Waals surface area contributed by atoms with E-state index in [1.54, 1.807) is 0 Å². The Morgan fingerprint density at radius 1 is 0.642 bits per heavy atom. The molecule has 53 heavy (non-hydrogen) atoms. The number of para-hydroxylation sites is 1. The van der Waals surface area contributed by atoms with E-state index in [0.29, 0.717) is 12.4 Å². The molecule has 0 spiro atoms. The van der Waals surface area contributed by atoms with E-state index in [9.17, 15) is 0 Å². The minimum absolute atomic E-state index is 0.115. The molecule has 3 heterocycles. The summed E-state index contributed by atoms with van der Waals surface area (Å²) >= 11 is 0. The van der Waals surface area contributed by atoms with Gasteiger partial charge in [-0.05, 0) is 81.0 Å². The van der Waals surface area contributed by atoms with Gasteiger partial charge in [-0.25, -0.2) is 15.0 Å². The van der Waals surface area contributed by atoms with E-state index in [2.05, 4.69) is 152 Å². The average Bonchev–Trinajstić information content (AvgIpc) is 3.47. The molecule has 6 aromatic carbocycles. The molecule has 0 saturated heterocycles. The van der Waals surface area contributed by atoms with Crippen LogP contribution in [0.5, 0.6) is 0 Å². The van der Waals surface area contributed by atoms with Crippen molar-refractivity contribution in [2.24, 2.45) is 9.98 Å². The third kappa shape index (κ3) is 5.19. The van der Waals surface area contributed by atoms with Crippen molar-refractivity contribution >= 4 is 28.7 Å². The van der Waals surface area contributed by atoms with E-state index >= 15 is 0 Å². The number of aliphatic imine (C=N–C) groups is 2. The van der Waals surface area contributed by atoms with Crippen LogP contribution in [0.3, 0.4) is 0 Å². The van der Waals surface area contributed by atoms with Gasteiger partial charge >= 0.3 is 0 Å². The highest BCUT2D eigenvalue weighted by molar-refractivity contribution is 6.14. The van der Waals surface area contributed by atoms with Crippen LogP contribution in [0.4, 0.5) is 0 Å². The van der Waals surface area contributed by atoms with Crippen molar-refractivity contribution in [1.82, 2.24) is 15.6 Å². The Labute approximate surface area is 309 Å². The van der Waals surface area contributed by atoms with Crippen molar-refractivity contribution in [2.45, 2.75) is 32.0 Å².